The molecule has 3 rings (SSSR count). The van der Waals surface area contributed by atoms with E-state index in [1.165, 1.54) is 24.5 Å². The number of amides is 1. The molecule has 1 aromatic carbocycles. The lowest BCUT2D eigenvalue weighted by atomic mass is 10.1. The Bertz CT molecular complexity index is 717. The lowest BCUT2D eigenvalue weighted by Gasteiger charge is -2.05. The van der Waals surface area contributed by atoms with Gasteiger partial charge in [0.25, 0.3) is 5.91 Å². The molecule has 6 nitrogen and oxygen atoms in total. The van der Waals surface area contributed by atoms with Crippen LogP contribution in [0.5, 0.6) is 0 Å². The van der Waals surface area contributed by atoms with Crippen LogP contribution in [-0.4, -0.2) is 30.2 Å². The van der Waals surface area contributed by atoms with Crippen molar-refractivity contribution in [1.82, 2.24) is 10.5 Å². The quantitative estimate of drug-likeness (QED) is 0.790. The van der Waals surface area contributed by atoms with Crippen molar-refractivity contribution in [2.24, 2.45) is 0 Å². The third kappa shape index (κ3) is 4.01. The predicted octanol–water partition coefficient (Wildman–Crippen LogP) is 2.70. The number of nitrogens with one attached hydrogen (secondary N) is 1. The zero-order valence-corrected chi connectivity index (χ0v) is 13.6. The number of carbonyl (C=O) groups excluding carboxylic acids is 2. The second-order valence-corrected chi connectivity index (χ2v) is 5.80. The van der Waals surface area contributed by atoms with Crippen LogP contribution >= 0.6 is 0 Å². The number of carbonyl (C=O) groups is 2. The molecule has 1 fully saturated rings. The summed E-state index contributed by atoms with van der Waals surface area (Å²) in [5.41, 5.74) is 2.10. The zero-order chi connectivity index (χ0) is 16.9. The van der Waals surface area contributed by atoms with Gasteiger partial charge in [0.15, 0.2) is 5.69 Å². The van der Waals surface area contributed by atoms with E-state index in [0.29, 0.717) is 30.2 Å². The number of benzene rings is 1. The summed E-state index contributed by atoms with van der Waals surface area (Å²) in [6.45, 7) is 2.42. The van der Waals surface area contributed by atoms with E-state index in [1.807, 2.05) is 24.3 Å². The third-order valence-electron chi connectivity index (χ3n) is 3.92. The monoisotopic (exact) mass is 328 g/mol. The molecule has 1 N–H and O–H groups in total. The van der Waals surface area contributed by atoms with Crippen molar-refractivity contribution in [2.45, 2.75) is 32.1 Å². The van der Waals surface area contributed by atoms with E-state index < -0.39 is 5.97 Å². The van der Waals surface area contributed by atoms with Gasteiger partial charge in [0.1, 0.15) is 5.76 Å². The molecule has 1 saturated carbocycles. The van der Waals surface area contributed by atoms with Crippen molar-refractivity contribution in [2.75, 3.05) is 13.2 Å². The topological polar surface area (TPSA) is 81.4 Å². The van der Waals surface area contributed by atoms with Gasteiger partial charge >= 0.3 is 5.97 Å². The first kappa shape index (κ1) is 16.2. The molecular formula is C18H20N2O4. The summed E-state index contributed by atoms with van der Waals surface area (Å²) in [5, 5.41) is 6.49. The molecule has 0 spiro atoms. The Morgan fingerprint density at radius 1 is 1.29 bits per heavy atom. The highest BCUT2D eigenvalue weighted by Gasteiger charge is 2.23. The summed E-state index contributed by atoms with van der Waals surface area (Å²) in [5.74, 6) is 0.583. The second-order valence-electron chi connectivity index (χ2n) is 5.80. The van der Waals surface area contributed by atoms with E-state index in [-0.39, 0.29) is 18.2 Å². The Morgan fingerprint density at radius 2 is 2.04 bits per heavy atom. The van der Waals surface area contributed by atoms with E-state index in [0.717, 1.165) is 0 Å². The molecule has 1 aliphatic carbocycles. The number of rotatable bonds is 7. The number of aromatic nitrogens is 1. The van der Waals surface area contributed by atoms with Gasteiger partial charge in [0, 0.05) is 24.6 Å². The normalized spacial score (nSPS) is 13.5. The van der Waals surface area contributed by atoms with Crippen LogP contribution in [0.25, 0.3) is 0 Å². The first-order valence-electron chi connectivity index (χ1n) is 8.18. The maximum Gasteiger partial charge on any atom is 0.360 e. The van der Waals surface area contributed by atoms with Gasteiger partial charge in [-0.15, -0.1) is 0 Å². The van der Waals surface area contributed by atoms with Gasteiger partial charge in [-0.3, -0.25) is 4.79 Å². The van der Waals surface area contributed by atoms with Gasteiger partial charge in [-0.25, -0.2) is 4.79 Å². The Morgan fingerprint density at radius 3 is 2.71 bits per heavy atom. The first-order valence-corrected chi connectivity index (χ1v) is 8.18. The smallest absolute Gasteiger partial charge is 0.360 e. The largest absolute Gasteiger partial charge is 0.461 e. The molecule has 0 radical (unpaired) electrons. The van der Waals surface area contributed by atoms with Crippen molar-refractivity contribution in [3.05, 3.63) is 52.9 Å². The van der Waals surface area contributed by atoms with Crippen LogP contribution in [0.2, 0.25) is 0 Å². The number of esters is 1. The van der Waals surface area contributed by atoms with Gasteiger partial charge in [-0.2, -0.15) is 0 Å². The molecule has 1 heterocycles. The van der Waals surface area contributed by atoms with E-state index in [9.17, 15) is 9.59 Å². The number of hydrogen-bond donors (Lipinski definition) is 1. The lowest BCUT2D eigenvalue weighted by Crippen LogP contribution is -2.25. The molecule has 2 aromatic rings. The predicted molar refractivity (Wildman–Crippen MR) is 86.9 cm³/mol. The summed E-state index contributed by atoms with van der Waals surface area (Å²) >= 11 is 0. The Balaban J connectivity index is 1.47. The Kier molecular flexibility index (Phi) is 4.93. The molecule has 126 valence electrons. The molecule has 0 aliphatic heterocycles. The van der Waals surface area contributed by atoms with Crippen molar-refractivity contribution in [3.63, 3.8) is 0 Å². The summed E-state index contributed by atoms with van der Waals surface area (Å²) in [6, 6.07) is 9.30. The minimum absolute atomic E-state index is 0.123. The van der Waals surface area contributed by atoms with Gasteiger partial charge in [-0.05, 0) is 43.4 Å². The van der Waals surface area contributed by atoms with Crippen molar-refractivity contribution in [1.29, 1.82) is 0 Å². The lowest BCUT2D eigenvalue weighted by molar-refractivity contribution is 0.0514. The molecule has 0 saturated heterocycles. The Hall–Kier alpha value is -2.63. The average molecular weight is 328 g/mol. The zero-order valence-electron chi connectivity index (χ0n) is 13.6. The molecule has 1 amide bonds. The molecule has 24 heavy (non-hydrogen) atoms. The minimum Gasteiger partial charge on any atom is -0.461 e. The standard InChI is InChI=1S/C18H20N2O4/c1-2-23-18(22)16-11-15(24-20-16)9-10-19-17(21)14-7-5-13(6-8-14)12-3-4-12/h5-8,11-12H,2-4,9-10H2,1H3,(H,19,21). The van der Waals surface area contributed by atoms with Crippen LogP contribution in [0, 0.1) is 0 Å². The number of nitrogens with zero attached hydrogens (tertiary/aromatic N) is 1. The van der Waals surface area contributed by atoms with Crippen LogP contribution in [0.3, 0.4) is 0 Å². The highest BCUT2D eigenvalue weighted by atomic mass is 16.5. The van der Waals surface area contributed by atoms with Crippen LogP contribution < -0.4 is 5.32 Å². The number of hydrogen-bond acceptors (Lipinski definition) is 5. The molecule has 1 aliphatic rings. The van der Waals surface area contributed by atoms with Gasteiger partial charge in [0.05, 0.1) is 6.61 Å². The van der Waals surface area contributed by atoms with Gasteiger partial charge in [-0.1, -0.05) is 17.3 Å². The highest BCUT2D eigenvalue weighted by Crippen LogP contribution is 2.39. The highest BCUT2D eigenvalue weighted by molar-refractivity contribution is 5.94. The van der Waals surface area contributed by atoms with Crippen molar-refractivity contribution in [3.8, 4) is 0 Å². The van der Waals surface area contributed by atoms with Crippen LogP contribution in [0.4, 0.5) is 0 Å². The summed E-state index contributed by atoms with van der Waals surface area (Å²) in [6.07, 6.45) is 2.95. The molecule has 0 bridgehead atoms. The van der Waals surface area contributed by atoms with Crippen LogP contribution in [-0.2, 0) is 11.2 Å². The molecule has 6 heteroatoms. The summed E-state index contributed by atoms with van der Waals surface area (Å²) in [4.78, 5) is 23.6. The summed E-state index contributed by atoms with van der Waals surface area (Å²) in [7, 11) is 0. The number of ether oxygens (including phenoxy) is 1. The maximum atomic E-state index is 12.1. The molecule has 0 unspecified atom stereocenters. The SMILES string of the molecule is CCOC(=O)c1cc(CCNC(=O)c2ccc(C3CC3)cc2)on1. The fourth-order valence-corrected chi connectivity index (χ4v) is 2.46. The first-order chi connectivity index (χ1) is 11.7. The van der Waals surface area contributed by atoms with E-state index >= 15 is 0 Å². The van der Waals surface area contributed by atoms with E-state index in [1.54, 1.807) is 6.92 Å². The molecule has 1 aromatic heterocycles. The van der Waals surface area contributed by atoms with Crippen molar-refractivity contribution >= 4 is 11.9 Å². The van der Waals surface area contributed by atoms with Crippen LogP contribution in [0.1, 0.15) is 57.9 Å². The van der Waals surface area contributed by atoms with E-state index in [4.69, 9.17) is 9.26 Å². The van der Waals surface area contributed by atoms with Gasteiger partial charge in [0.2, 0.25) is 0 Å². The summed E-state index contributed by atoms with van der Waals surface area (Å²) < 4.78 is 9.91. The molecule has 0 atom stereocenters. The average Bonchev–Trinajstić information content (AvgIpc) is 3.34. The van der Waals surface area contributed by atoms with Crippen molar-refractivity contribution < 1.29 is 18.8 Å². The fraction of sp³-hybridized carbons (Fsp3) is 0.389. The van der Waals surface area contributed by atoms with Crippen LogP contribution in [0.15, 0.2) is 34.9 Å². The second kappa shape index (κ2) is 7.29. The minimum atomic E-state index is -0.507. The third-order valence-corrected chi connectivity index (χ3v) is 3.92. The fourth-order valence-electron chi connectivity index (χ4n) is 2.46. The Labute approximate surface area is 140 Å². The van der Waals surface area contributed by atoms with E-state index in [2.05, 4.69) is 10.5 Å². The maximum absolute atomic E-state index is 12.1. The molecular weight excluding hydrogens is 308 g/mol. The van der Waals surface area contributed by atoms with Gasteiger partial charge < -0.3 is 14.6 Å².